The Labute approximate surface area is 92.4 Å². The van der Waals surface area contributed by atoms with Gasteiger partial charge in [0.25, 0.3) is 0 Å². The number of aryl methyl sites for hydroxylation is 1. The Balaban J connectivity index is 2.54. The molecule has 0 saturated carbocycles. The molecule has 2 aromatic heterocycles. The van der Waals surface area contributed by atoms with Gasteiger partial charge in [-0.05, 0) is 6.92 Å². The summed E-state index contributed by atoms with van der Waals surface area (Å²) in [7, 11) is 1.68. The van der Waals surface area contributed by atoms with E-state index in [-0.39, 0.29) is 5.69 Å². The van der Waals surface area contributed by atoms with Crippen molar-refractivity contribution in [3.8, 4) is 11.5 Å². The summed E-state index contributed by atoms with van der Waals surface area (Å²) in [5, 5.41) is 2.77. The first-order valence-electron chi connectivity index (χ1n) is 4.98. The second-order valence-corrected chi connectivity index (χ2v) is 3.18. The van der Waals surface area contributed by atoms with Crippen LogP contribution in [0.4, 0.5) is 10.3 Å². The highest BCUT2D eigenvalue weighted by atomic mass is 19.1. The van der Waals surface area contributed by atoms with Gasteiger partial charge in [-0.1, -0.05) is 0 Å². The standard InChI is InChI=1S/C10H12FN5/c1-3-16-5-4-13-9(16)8-7(11)6-14-10(12-2)15-8/h4-6H,3H2,1-2H3,(H,12,14,15). The Kier molecular flexibility index (Phi) is 2.80. The zero-order chi connectivity index (χ0) is 11.5. The smallest absolute Gasteiger partial charge is 0.223 e. The lowest BCUT2D eigenvalue weighted by atomic mass is 10.3. The van der Waals surface area contributed by atoms with Crippen LogP contribution in [0, 0.1) is 5.82 Å². The minimum absolute atomic E-state index is 0.214. The van der Waals surface area contributed by atoms with Gasteiger partial charge in [0.2, 0.25) is 5.95 Å². The fourth-order valence-corrected chi connectivity index (χ4v) is 1.43. The van der Waals surface area contributed by atoms with Gasteiger partial charge in [0.15, 0.2) is 11.6 Å². The molecule has 0 radical (unpaired) electrons. The third-order valence-corrected chi connectivity index (χ3v) is 2.24. The van der Waals surface area contributed by atoms with Crippen molar-refractivity contribution >= 4 is 5.95 Å². The SMILES string of the molecule is CCn1ccnc1-c1nc(NC)ncc1F. The Hall–Kier alpha value is -1.98. The molecule has 5 nitrogen and oxygen atoms in total. The number of rotatable bonds is 3. The van der Waals surface area contributed by atoms with Gasteiger partial charge in [-0.2, -0.15) is 0 Å². The fraction of sp³-hybridized carbons (Fsp3) is 0.300. The van der Waals surface area contributed by atoms with E-state index in [9.17, 15) is 4.39 Å². The molecule has 2 heterocycles. The number of halogens is 1. The summed E-state index contributed by atoms with van der Waals surface area (Å²) in [5.41, 5.74) is 0.214. The van der Waals surface area contributed by atoms with Gasteiger partial charge >= 0.3 is 0 Å². The molecule has 0 aliphatic rings. The van der Waals surface area contributed by atoms with E-state index in [0.717, 1.165) is 6.20 Å². The Morgan fingerprint density at radius 1 is 1.44 bits per heavy atom. The van der Waals surface area contributed by atoms with Gasteiger partial charge in [0, 0.05) is 26.0 Å². The molecule has 0 unspecified atom stereocenters. The zero-order valence-corrected chi connectivity index (χ0v) is 9.11. The molecule has 0 aliphatic carbocycles. The van der Waals surface area contributed by atoms with Crippen LogP contribution >= 0.6 is 0 Å². The van der Waals surface area contributed by atoms with Crippen LogP contribution in [0.5, 0.6) is 0 Å². The van der Waals surface area contributed by atoms with Crippen LogP contribution in [0.25, 0.3) is 11.5 Å². The van der Waals surface area contributed by atoms with Crippen molar-refractivity contribution in [3.63, 3.8) is 0 Å². The second kappa shape index (κ2) is 4.26. The number of hydrogen-bond acceptors (Lipinski definition) is 4. The minimum Gasteiger partial charge on any atom is -0.357 e. The van der Waals surface area contributed by atoms with E-state index in [1.54, 1.807) is 19.4 Å². The molecular weight excluding hydrogens is 209 g/mol. The van der Waals surface area contributed by atoms with E-state index in [2.05, 4.69) is 20.3 Å². The van der Waals surface area contributed by atoms with Crippen molar-refractivity contribution in [2.24, 2.45) is 0 Å². The molecule has 0 amide bonds. The molecule has 0 spiro atoms. The maximum atomic E-state index is 13.6. The molecule has 2 rings (SSSR count). The summed E-state index contributed by atoms with van der Waals surface area (Å²) in [4.78, 5) is 11.9. The van der Waals surface area contributed by atoms with Crippen LogP contribution in [0.3, 0.4) is 0 Å². The molecule has 6 heteroatoms. The van der Waals surface area contributed by atoms with Crippen LogP contribution in [-0.4, -0.2) is 26.6 Å². The molecule has 0 aliphatic heterocycles. The fourth-order valence-electron chi connectivity index (χ4n) is 1.43. The topological polar surface area (TPSA) is 55.6 Å². The van der Waals surface area contributed by atoms with E-state index in [4.69, 9.17) is 0 Å². The maximum Gasteiger partial charge on any atom is 0.223 e. The molecule has 0 atom stereocenters. The number of aromatic nitrogens is 4. The quantitative estimate of drug-likeness (QED) is 0.854. The van der Waals surface area contributed by atoms with E-state index in [1.807, 2.05) is 11.5 Å². The van der Waals surface area contributed by atoms with Crippen LogP contribution < -0.4 is 5.32 Å². The van der Waals surface area contributed by atoms with Crippen LogP contribution in [0.2, 0.25) is 0 Å². The highest BCUT2D eigenvalue weighted by molar-refractivity contribution is 5.52. The van der Waals surface area contributed by atoms with Crippen molar-refractivity contribution in [2.45, 2.75) is 13.5 Å². The van der Waals surface area contributed by atoms with Gasteiger partial charge < -0.3 is 9.88 Å². The monoisotopic (exact) mass is 221 g/mol. The molecule has 0 bridgehead atoms. The normalized spacial score (nSPS) is 10.4. The van der Waals surface area contributed by atoms with Crippen LogP contribution in [-0.2, 0) is 6.54 Å². The van der Waals surface area contributed by atoms with Crippen LogP contribution in [0.1, 0.15) is 6.92 Å². The molecule has 0 saturated heterocycles. The van der Waals surface area contributed by atoms with Crippen molar-refractivity contribution in [3.05, 3.63) is 24.4 Å². The van der Waals surface area contributed by atoms with E-state index in [1.165, 1.54) is 0 Å². The highest BCUT2D eigenvalue weighted by Gasteiger charge is 2.13. The average Bonchev–Trinajstić information content (AvgIpc) is 2.77. The summed E-state index contributed by atoms with van der Waals surface area (Å²) in [6.45, 7) is 2.68. The van der Waals surface area contributed by atoms with E-state index >= 15 is 0 Å². The largest absolute Gasteiger partial charge is 0.357 e. The molecule has 84 valence electrons. The zero-order valence-electron chi connectivity index (χ0n) is 9.11. The lowest BCUT2D eigenvalue weighted by Crippen LogP contribution is -2.04. The first kappa shape index (κ1) is 10.5. The van der Waals surface area contributed by atoms with Gasteiger partial charge in [0.05, 0.1) is 6.20 Å². The number of hydrogen-bond donors (Lipinski definition) is 1. The molecule has 0 fully saturated rings. The maximum absolute atomic E-state index is 13.6. The van der Waals surface area contributed by atoms with Crippen molar-refractivity contribution in [1.29, 1.82) is 0 Å². The van der Waals surface area contributed by atoms with Crippen LogP contribution in [0.15, 0.2) is 18.6 Å². The molecular formula is C10H12FN5. The third-order valence-electron chi connectivity index (χ3n) is 2.24. The number of nitrogens with zero attached hydrogens (tertiary/aromatic N) is 4. The van der Waals surface area contributed by atoms with Crippen molar-refractivity contribution in [2.75, 3.05) is 12.4 Å². The lowest BCUT2D eigenvalue weighted by Gasteiger charge is -2.06. The average molecular weight is 221 g/mol. The minimum atomic E-state index is -0.472. The highest BCUT2D eigenvalue weighted by Crippen LogP contribution is 2.19. The predicted molar refractivity (Wildman–Crippen MR) is 58.4 cm³/mol. The third kappa shape index (κ3) is 1.73. The first-order valence-corrected chi connectivity index (χ1v) is 4.98. The van der Waals surface area contributed by atoms with Gasteiger partial charge in [0.1, 0.15) is 5.69 Å². The van der Waals surface area contributed by atoms with Crippen molar-refractivity contribution in [1.82, 2.24) is 19.5 Å². The summed E-state index contributed by atoms with van der Waals surface area (Å²) in [6.07, 6.45) is 4.55. The van der Waals surface area contributed by atoms with Gasteiger partial charge in [-0.25, -0.2) is 19.3 Å². The summed E-state index contributed by atoms with van der Waals surface area (Å²) in [5.74, 6) is 0.417. The van der Waals surface area contributed by atoms with E-state index in [0.29, 0.717) is 18.3 Å². The Bertz CT molecular complexity index is 494. The second-order valence-electron chi connectivity index (χ2n) is 3.18. The molecule has 16 heavy (non-hydrogen) atoms. The summed E-state index contributed by atoms with van der Waals surface area (Å²) < 4.78 is 15.4. The van der Waals surface area contributed by atoms with E-state index < -0.39 is 5.82 Å². The van der Waals surface area contributed by atoms with Gasteiger partial charge in [-0.3, -0.25) is 0 Å². The predicted octanol–water partition coefficient (Wildman–Crippen LogP) is 1.54. The Morgan fingerprint density at radius 2 is 2.25 bits per heavy atom. The molecule has 1 N–H and O–H groups in total. The molecule has 2 aromatic rings. The van der Waals surface area contributed by atoms with Crippen molar-refractivity contribution < 1.29 is 4.39 Å². The lowest BCUT2D eigenvalue weighted by molar-refractivity contribution is 0.614. The number of nitrogens with one attached hydrogen (secondary N) is 1. The first-order chi connectivity index (χ1) is 7.76. The Morgan fingerprint density at radius 3 is 2.94 bits per heavy atom. The number of anilines is 1. The molecule has 0 aromatic carbocycles. The van der Waals surface area contributed by atoms with Gasteiger partial charge in [-0.15, -0.1) is 0 Å². The number of imidazole rings is 1. The summed E-state index contributed by atoms with van der Waals surface area (Å²) in [6, 6.07) is 0. The summed E-state index contributed by atoms with van der Waals surface area (Å²) >= 11 is 0.